The summed E-state index contributed by atoms with van der Waals surface area (Å²) in [4.78, 5) is 14.6. The van der Waals surface area contributed by atoms with Crippen LogP contribution in [0, 0.1) is 33.5 Å². The Hall–Kier alpha value is -1.47. The molecule has 9 aliphatic rings. The van der Waals surface area contributed by atoms with Crippen molar-refractivity contribution in [1.82, 2.24) is 0 Å². The second-order valence-electron chi connectivity index (χ2n) is 23.0. The lowest BCUT2D eigenvalue weighted by molar-refractivity contribution is -0.380. The molecule has 376 valence electrons. The summed E-state index contributed by atoms with van der Waals surface area (Å²) in [6.07, 6.45) is -17.2. The van der Waals surface area contributed by atoms with Gasteiger partial charge >= 0.3 is 5.97 Å². The maximum atomic E-state index is 14.6. The summed E-state index contributed by atoms with van der Waals surface area (Å²) in [5.41, 5.74) is -5.92. The van der Waals surface area contributed by atoms with E-state index in [4.69, 9.17) is 37.9 Å². The van der Waals surface area contributed by atoms with E-state index in [0.717, 1.165) is 18.4 Å². The maximum absolute atomic E-state index is 14.6. The van der Waals surface area contributed by atoms with Gasteiger partial charge in [-0.2, -0.15) is 0 Å². The van der Waals surface area contributed by atoms with E-state index >= 15 is 0 Å². The van der Waals surface area contributed by atoms with Gasteiger partial charge in [-0.25, -0.2) is 0 Å². The fourth-order valence-corrected chi connectivity index (χ4v) is 14.9. The zero-order valence-electron chi connectivity index (χ0n) is 39.3. The van der Waals surface area contributed by atoms with Crippen LogP contribution >= 0.6 is 0 Å². The summed E-state index contributed by atoms with van der Waals surface area (Å²) in [5, 5.41) is 111. The van der Waals surface area contributed by atoms with Crippen molar-refractivity contribution < 1.29 is 93.8 Å². The third kappa shape index (κ3) is 6.80. The molecule has 5 heterocycles. The molecular weight excluding hydrogens is 868 g/mol. The molecule has 66 heavy (non-hydrogen) atoms. The Balaban J connectivity index is 0.973. The standard InChI is InChI=1S/C47H74O19/c1-20-29(50)32(53)34(55)37(60-20)64-36-31(52)24(62-38-35(56)33(54)30(51)23(18-48)61-38)19-59-39(36)63-27-12-14-43(6)22-17-26(49)47-40(57)66-45(8,28-11-13-41(2,3)65-28)46(47,58)16-15-44(47,7)21(22)9-10-25(43)42(27,4)5/h17,20-21,23-39,48-56,58H,9-16,18-19H2,1-8H3/t20?,21-,23?,24-,25?,26?,27+,28?,29-,30-,31?,32?,33?,34?,35?,36?,37+,38+,39+,43-,44?,45?,46?,47?/m1/s1. The average Bonchev–Trinajstić information content (AvgIpc) is 3.83. The van der Waals surface area contributed by atoms with Crippen LogP contribution in [0.4, 0.5) is 0 Å². The highest BCUT2D eigenvalue weighted by Crippen LogP contribution is 2.77. The number of aliphatic hydroxyl groups excluding tert-OH is 9. The SMILES string of the molecule is CC1O[C@@H](OC2C(O)[C@H](O[C@@H]3OC(CO)[C@@H](O)C(O)C3O)CO[C@H]2O[C@H]2CC[C@]3(C)C4=CC(O)C56C(=O)OC(C)(C7CCC(C)(C)O7)C5(O)CCC6(C)[C@@H]4CCC3C2(C)C)C(O)C(O)[C@@H]1O. The van der Waals surface area contributed by atoms with Crippen LogP contribution in [0.25, 0.3) is 0 Å². The van der Waals surface area contributed by atoms with E-state index in [1.165, 1.54) is 6.92 Å². The van der Waals surface area contributed by atoms with E-state index in [1.807, 2.05) is 19.9 Å². The second-order valence-corrected chi connectivity index (χ2v) is 23.0. The van der Waals surface area contributed by atoms with Gasteiger partial charge in [0.25, 0.3) is 0 Å². The first-order valence-corrected chi connectivity index (χ1v) is 24.0. The average molecular weight is 943 g/mol. The van der Waals surface area contributed by atoms with Gasteiger partial charge in [-0.05, 0) is 107 Å². The zero-order valence-corrected chi connectivity index (χ0v) is 39.3. The van der Waals surface area contributed by atoms with Crippen molar-refractivity contribution in [2.45, 2.75) is 228 Å². The van der Waals surface area contributed by atoms with Crippen molar-refractivity contribution in [3.05, 3.63) is 11.6 Å². The number of aliphatic hydroxyl groups is 10. The normalized spacial score (nSPS) is 56.4. The van der Waals surface area contributed by atoms with Gasteiger partial charge in [0.05, 0.1) is 37.1 Å². The minimum absolute atomic E-state index is 0.0255. The summed E-state index contributed by atoms with van der Waals surface area (Å²) in [5.74, 6) is -0.747. The molecule has 19 nitrogen and oxygen atoms in total. The van der Waals surface area contributed by atoms with Crippen LogP contribution in [0.2, 0.25) is 0 Å². The quantitative estimate of drug-likeness (QED) is 0.0828. The first-order valence-electron chi connectivity index (χ1n) is 24.0. The van der Waals surface area contributed by atoms with Gasteiger partial charge in [0.15, 0.2) is 24.5 Å². The minimum Gasteiger partial charge on any atom is -0.453 e. The number of hydrogen-bond acceptors (Lipinski definition) is 19. The fraction of sp³-hybridized carbons (Fsp3) is 0.936. The number of hydrogen-bond donors (Lipinski definition) is 10. The number of carbonyl (C=O) groups excluding carboxylic acids is 1. The summed E-state index contributed by atoms with van der Waals surface area (Å²) in [6, 6.07) is 0. The Morgan fingerprint density at radius 2 is 1.38 bits per heavy atom. The van der Waals surface area contributed by atoms with Crippen LogP contribution in [-0.2, 0) is 42.7 Å². The number of ether oxygens (including phenoxy) is 8. The van der Waals surface area contributed by atoms with Crippen LogP contribution in [0.3, 0.4) is 0 Å². The summed E-state index contributed by atoms with van der Waals surface area (Å²) in [7, 11) is 0. The predicted octanol–water partition coefficient (Wildman–Crippen LogP) is -0.569. The molecule has 5 aliphatic heterocycles. The van der Waals surface area contributed by atoms with Crippen LogP contribution in [0.15, 0.2) is 11.6 Å². The molecule has 4 aliphatic carbocycles. The maximum Gasteiger partial charge on any atom is 0.319 e. The van der Waals surface area contributed by atoms with Gasteiger partial charge < -0.3 is 89.0 Å². The molecule has 0 radical (unpaired) electrons. The topological polar surface area (TPSA) is 293 Å². The van der Waals surface area contributed by atoms with E-state index in [9.17, 15) is 55.9 Å². The summed E-state index contributed by atoms with van der Waals surface area (Å²) >= 11 is 0. The number of allylic oxidation sites excluding steroid dienone is 1. The Bertz CT molecular complexity index is 1880. The van der Waals surface area contributed by atoms with Crippen molar-refractivity contribution in [3.8, 4) is 0 Å². The zero-order chi connectivity index (χ0) is 48.1. The Kier molecular flexibility index (Phi) is 12.4. The van der Waals surface area contributed by atoms with Gasteiger partial charge in [0, 0.05) is 0 Å². The van der Waals surface area contributed by atoms with E-state index in [2.05, 4.69) is 27.7 Å². The number of rotatable bonds is 8. The monoisotopic (exact) mass is 942 g/mol. The number of esters is 1. The van der Waals surface area contributed by atoms with Crippen molar-refractivity contribution in [2.24, 2.45) is 33.5 Å². The third-order valence-corrected chi connectivity index (χ3v) is 18.8. The lowest BCUT2D eigenvalue weighted by atomic mass is 9.40. The molecule has 5 saturated heterocycles. The smallest absolute Gasteiger partial charge is 0.319 e. The van der Waals surface area contributed by atoms with Gasteiger partial charge in [0.1, 0.15) is 78.2 Å². The molecular formula is C47H74O19. The van der Waals surface area contributed by atoms with Crippen LogP contribution in [0.1, 0.15) is 107 Å². The molecule has 0 amide bonds. The Morgan fingerprint density at radius 1 is 0.712 bits per heavy atom. The van der Waals surface area contributed by atoms with Crippen molar-refractivity contribution >= 4 is 5.97 Å². The first-order chi connectivity index (χ1) is 30.7. The highest BCUT2D eigenvalue weighted by atomic mass is 16.8. The molecule has 9 rings (SSSR count). The van der Waals surface area contributed by atoms with Crippen LogP contribution < -0.4 is 0 Å². The highest BCUT2D eigenvalue weighted by Gasteiger charge is 2.87. The lowest BCUT2D eigenvalue weighted by Crippen LogP contribution is -2.69. The molecule has 3 saturated carbocycles. The molecule has 10 N–H and O–H groups in total. The van der Waals surface area contributed by atoms with E-state index in [-0.39, 0.29) is 24.9 Å². The summed E-state index contributed by atoms with van der Waals surface area (Å²) in [6.45, 7) is 14.7. The molecule has 15 unspecified atom stereocenters. The van der Waals surface area contributed by atoms with Gasteiger partial charge in [-0.15, -0.1) is 0 Å². The fourth-order valence-electron chi connectivity index (χ4n) is 14.9. The molecule has 0 aromatic heterocycles. The molecule has 19 heteroatoms. The number of fused-ring (bicyclic) bond motifs is 4. The van der Waals surface area contributed by atoms with Crippen molar-refractivity contribution in [3.63, 3.8) is 0 Å². The van der Waals surface area contributed by atoms with Crippen LogP contribution in [-0.4, -0.2) is 191 Å². The molecule has 8 fully saturated rings. The summed E-state index contributed by atoms with van der Waals surface area (Å²) < 4.78 is 49.3. The minimum atomic E-state index is -1.78. The van der Waals surface area contributed by atoms with E-state index in [0.29, 0.717) is 32.1 Å². The van der Waals surface area contributed by atoms with E-state index in [1.54, 1.807) is 6.92 Å². The van der Waals surface area contributed by atoms with E-state index < -0.39 is 155 Å². The van der Waals surface area contributed by atoms with Crippen molar-refractivity contribution in [1.29, 1.82) is 0 Å². The largest absolute Gasteiger partial charge is 0.453 e. The van der Waals surface area contributed by atoms with Gasteiger partial charge in [-0.1, -0.05) is 39.3 Å². The number of cyclic esters (lactones) is 1. The lowest BCUT2D eigenvalue weighted by Gasteiger charge is -2.64. The molecule has 0 aromatic rings. The Labute approximate surface area is 385 Å². The second kappa shape index (κ2) is 16.5. The van der Waals surface area contributed by atoms with Gasteiger partial charge in [0.2, 0.25) is 0 Å². The molecule has 24 atom stereocenters. The number of carbonyl (C=O) groups is 1. The predicted molar refractivity (Wildman–Crippen MR) is 225 cm³/mol. The highest BCUT2D eigenvalue weighted by molar-refractivity contribution is 5.86. The first kappa shape index (κ1) is 49.5. The van der Waals surface area contributed by atoms with Gasteiger partial charge in [-0.3, -0.25) is 4.79 Å². The molecule has 1 spiro atoms. The molecule has 0 bridgehead atoms. The van der Waals surface area contributed by atoms with Crippen molar-refractivity contribution in [2.75, 3.05) is 13.2 Å². The third-order valence-electron chi connectivity index (χ3n) is 18.8. The Morgan fingerprint density at radius 3 is 2.03 bits per heavy atom. The van der Waals surface area contributed by atoms with Crippen LogP contribution in [0.5, 0.6) is 0 Å². The molecule has 0 aromatic carbocycles.